The summed E-state index contributed by atoms with van der Waals surface area (Å²) < 4.78 is 0. The summed E-state index contributed by atoms with van der Waals surface area (Å²) in [5.74, 6) is 2.68. The summed E-state index contributed by atoms with van der Waals surface area (Å²) in [6.07, 6.45) is 3.81. The van der Waals surface area contributed by atoms with Crippen LogP contribution in [-0.2, 0) is 0 Å². The van der Waals surface area contributed by atoms with Crippen molar-refractivity contribution in [3.8, 4) is 0 Å². The van der Waals surface area contributed by atoms with Gasteiger partial charge in [-0.2, -0.15) is 0 Å². The van der Waals surface area contributed by atoms with Crippen molar-refractivity contribution < 1.29 is 0 Å². The van der Waals surface area contributed by atoms with E-state index in [1.807, 2.05) is 0 Å². The van der Waals surface area contributed by atoms with E-state index < -0.39 is 0 Å². The van der Waals surface area contributed by atoms with Gasteiger partial charge in [-0.3, -0.25) is 4.99 Å². The fourth-order valence-electron chi connectivity index (χ4n) is 4.22. The van der Waals surface area contributed by atoms with Gasteiger partial charge in [-0.25, -0.2) is 0 Å². The van der Waals surface area contributed by atoms with E-state index in [-0.39, 0.29) is 0 Å². The maximum atomic E-state index is 4.92. The summed E-state index contributed by atoms with van der Waals surface area (Å²) >= 11 is 0. The Morgan fingerprint density at radius 3 is 2.20 bits per heavy atom. The van der Waals surface area contributed by atoms with Crippen LogP contribution in [0.5, 0.6) is 0 Å². The fraction of sp³-hybridized carbons (Fsp3) is 0.950. The molecule has 0 saturated carbocycles. The maximum absolute atomic E-state index is 4.92. The second kappa shape index (κ2) is 11.0. The maximum Gasteiger partial charge on any atom is 0.193 e. The molecule has 0 bridgehead atoms. The first-order valence-electron chi connectivity index (χ1n) is 10.6. The highest BCUT2D eigenvalue weighted by Crippen LogP contribution is 2.20. The van der Waals surface area contributed by atoms with E-state index in [0.29, 0.717) is 0 Å². The van der Waals surface area contributed by atoms with Crippen molar-refractivity contribution >= 4 is 5.96 Å². The quantitative estimate of drug-likeness (QED) is 0.434. The normalized spacial score (nSPS) is 26.9. The Morgan fingerprint density at radius 2 is 1.60 bits per heavy atom. The molecule has 2 unspecified atom stereocenters. The van der Waals surface area contributed by atoms with Crippen molar-refractivity contribution in [1.29, 1.82) is 0 Å². The summed E-state index contributed by atoms with van der Waals surface area (Å²) in [4.78, 5) is 12.6. The minimum atomic E-state index is 0.773. The summed E-state index contributed by atoms with van der Waals surface area (Å²) in [6.45, 7) is 20.8. The third-order valence-corrected chi connectivity index (χ3v) is 5.56. The number of nitrogens with zero attached hydrogens (tertiary/aromatic N) is 4. The number of hydrogen-bond donors (Lipinski definition) is 1. The molecule has 0 amide bonds. The summed E-state index contributed by atoms with van der Waals surface area (Å²) in [7, 11) is 0. The first-order valence-corrected chi connectivity index (χ1v) is 10.6. The molecule has 2 heterocycles. The minimum absolute atomic E-state index is 0.773. The van der Waals surface area contributed by atoms with Gasteiger partial charge in [-0.15, -0.1) is 0 Å². The van der Waals surface area contributed by atoms with Crippen molar-refractivity contribution in [3.63, 3.8) is 0 Å². The number of aliphatic imine (C=N–C) groups is 1. The first-order chi connectivity index (χ1) is 12.1. The molecule has 1 N–H and O–H groups in total. The van der Waals surface area contributed by atoms with Crippen molar-refractivity contribution in [3.05, 3.63) is 0 Å². The number of likely N-dealkylation sites (N-methyl/N-ethyl adjacent to an activating group) is 1. The van der Waals surface area contributed by atoms with Crippen LogP contribution in [0.2, 0.25) is 0 Å². The molecule has 0 aromatic rings. The Kier molecular flexibility index (Phi) is 9.04. The van der Waals surface area contributed by atoms with Gasteiger partial charge in [-0.1, -0.05) is 20.8 Å². The number of piperazine rings is 1. The lowest BCUT2D eigenvalue weighted by Crippen LogP contribution is -2.48. The molecule has 0 spiro atoms. The molecule has 25 heavy (non-hydrogen) atoms. The predicted octanol–water partition coefficient (Wildman–Crippen LogP) is 2.35. The van der Waals surface area contributed by atoms with Gasteiger partial charge in [0.1, 0.15) is 0 Å². The van der Waals surface area contributed by atoms with E-state index in [9.17, 15) is 0 Å². The van der Waals surface area contributed by atoms with E-state index in [0.717, 1.165) is 44.0 Å². The average Bonchev–Trinajstić information content (AvgIpc) is 2.60. The highest BCUT2D eigenvalue weighted by Gasteiger charge is 2.23. The Balaban J connectivity index is 1.69. The fourth-order valence-corrected chi connectivity index (χ4v) is 4.22. The standard InChI is InChI=1S/C20H41N5/c1-5-21-20(25-16-18(3)15-19(4)17-25)22-9-7-8-10-24-13-11-23(6-2)12-14-24/h18-19H,5-17H2,1-4H3,(H,21,22). The van der Waals surface area contributed by atoms with Gasteiger partial charge in [0.05, 0.1) is 0 Å². The van der Waals surface area contributed by atoms with Gasteiger partial charge >= 0.3 is 0 Å². The predicted molar refractivity (Wildman–Crippen MR) is 108 cm³/mol. The topological polar surface area (TPSA) is 34.1 Å². The van der Waals surface area contributed by atoms with Crippen molar-refractivity contribution in [2.45, 2.75) is 47.0 Å². The van der Waals surface area contributed by atoms with Crippen LogP contribution in [0.25, 0.3) is 0 Å². The van der Waals surface area contributed by atoms with Crippen LogP contribution in [0.3, 0.4) is 0 Å². The number of likely N-dealkylation sites (tertiary alicyclic amines) is 1. The summed E-state index contributed by atoms with van der Waals surface area (Å²) in [5.41, 5.74) is 0. The molecule has 5 nitrogen and oxygen atoms in total. The van der Waals surface area contributed by atoms with Crippen LogP contribution in [-0.4, -0.2) is 86.1 Å². The molecule has 0 aromatic heterocycles. The molecule has 0 aliphatic carbocycles. The molecule has 2 rings (SSSR count). The van der Waals surface area contributed by atoms with Crippen LogP contribution in [0.1, 0.15) is 47.0 Å². The number of rotatable bonds is 7. The molecular formula is C20H41N5. The number of piperidine rings is 1. The van der Waals surface area contributed by atoms with Crippen LogP contribution in [0.15, 0.2) is 4.99 Å². The van der Waals surface area contributed by atoms with Gasteiger partial charge in [0.2, 0.25) is 0 Å². The Bertz CT molecular complexity index is 380. The second-order valence-corrected chi connectivity index (χ2v) is 8.07. The highest BCUT2D eigenvalue weighted by molar-refractivity contribution is 5.80. The Morgan fingerprint density at radius 1 is 0.960 bits per heavy atom. The molecule has 0 radical (unpaired) electrons. The molecule has 5 heteroatoms. The largest absolute Gasteiger partial charge is 0.357 e. The highest BCUT2D eigenvalue weighted by atomic mass is 15.3. The minimum Gasteiger partial charge on any atom is -0.357 e. The smallest absolute Gasteiger partial charge is 0.193 e. The van der Waals surface area contributed by atoms with Gasteiger partial charge in [-0.05, 0) is 51.1 Å². The van der Waals surface area contributed by atoms with E-state index in [4.69, 9.17) is 4.99 Å². The number of unbranched alkanes of at least 4 members (excludes halogenated alkanes) is 1. The number of nitrogens with one attached hydrogen (secondary N) is 1. The zero-order chi connectivity index (χ0) is 18.1. The van der Waals surface area contributed by atoms with Crippen LogP contribution < -0.4 is 5.32 Å². The van der Waals surface area contributed by atoms with Crippen molar-refractivity contribution in [1.82, 2.24) is 20.0 Å². The number of hydrogen-bond acceptors (Lipinski definition) is 3. The third kappa shape index (κ3) is 7.14. The molecule has 0 aromatic carbocycles. The van der Waals surface area contributed by atoms with E-state index in [2.05, 4.69) is 47.7 Å². The van der Waals surface area contributed by atoms with Crippen LogP contribution >= 0.6 is 0 Å². The molecule has 2 aliphatic heterocycles. The zero-order valence-electron chi connectivity index (χ0n) is 17.1. The van der Waals surface area contributed by atoms with E-state index in [1.54, 1.807) is 0 Å². The molecule has 2 atom stereocenters. The lowest BCUT2D eigenvalue weighted by molar-refractivity contribution is 0.136. The molecule has 146 valence electrons. The van der Waals surface area contributed by atoms with Crippen molar-refractivity contribution in [2.24, 2.45) is 16.8 Å². The Hall–Kier alpha value is -0.810. The van der Waals surface area contributed by atoms with Gasteiger partial charge in [0, 0.05) is 52.4 Å². The lowest BCUT2D eigenvalue weighted by atomic mass is 9.92. The van der Waals surface area contributed by atoms with Gasteiger partial charge in [0.25, 0.3) is 0 Å². The first kappa shape index (κ1) is 20.5. The monoisotopic (exact) mass is 351 g/mol. The third-order valence-electron chi connectivity index (χ3n) is 5.56. The number of guanidine groups is 1. The summed E-state index contributed by atoms with van der Waals surface area (Å²) in [6, 6.07) is 0. The second-order valence-electron chi connectivity index (χ2n) is 8.07. The zero-order valence-corrected chi connectivity index (χ0v) is 17.1. The van der Waals surface area contributed by atoms with Crippen LogP contribution in [0, 0.1) is 11.8 Å². The van der Waals surface area contributed by atoms with E-state index in [1.165, 1.54) is 58.5 Å². The lowest BCUT2D eigenvalue weighted by Gasteiger charge is -2.37. The van der Waals surface area contributed by atoms with Crippen molar-refractivity contribution in [2.75, 3.05) is 65.4 Å². The Labute approximate surface area is 155 Å². The molecule has 2 aliphatic rings. The SMILES string of the molecule is CCNC(=NCCCCN1CCN(CC)CC1)N1CC(C)CC(C)C1. The van der Waals surface area contributed by atoms with Gasteiger partial charge < -0.3 is 20.0 Å². The average molecular weight is 352 g/mol. The molecule has 2 fully saturated rings. The summed E-state index contributed by atoms with van der Waals surface area (Å²) in [5, 5.41) is 3.51. The van der Waals surface area contributed by atoms with Crippen LogP contribution in [0.4, 0.5) is 0 Å². The molecule has 2 saturated heterocycles. The van der Waals surface area contributed by atoms with Gasteiger partial charge in [0.15, 0.2) is 5.96 Å². The molecular weight excluding hydrogens is 310 g/mol. The van der Waals surface area contributed by atoms with E-state index >= 15 is 0 Å².